The molecule has 1 unspecified atom stereocenters. The fourth-order valence-corrected chi connectivity index (χ4v) is 2.80. The van der Waals surface area contributed by atoms with Gasteiger partial charge in [-0.15, -0.1) is 0 Å². The van der Waals surface area contributed by atoms with Gasteiger partial charge in [0.15, 0.2) is 6.61 Å². The molecule has 0 radical (unpaired) electrons. The molecule has 1 heterocycles. The van der Waals surface area contributed by atoms with Gasteiger partial charge in [0, 0.05) is 19.2 Å². The normalized spacial score (nSPS) is 18.1. The molecule has 0 aromatic heterocycles. The summed E-state index contributed by atoms with van der Waals surface area (Å²) in [5.41, 5.74) is 0. The Labute approximate surface area is 131 Å². The molecular formula is C17H25NO4. The number of hydrogen-bond acceptors (Lipinski definition) is 4. The van der Waals surface area contributed by atoms with Gasteiger partial charge in [0.05, 0.1) is 6.61 Å². The number of amides is 1. The predicted molar refractivity (Wildman–Crippen MR) is 84.2 cm³/mol. The quantitative estimate of drug-likeness (QED) is 0.839. The van der Waals surface area contributed by atoms with Gasteiger partial charge in [0.1, 0.15) is 11.5 Å². The van der Waals surface area contributed by atoms with Gasteiger partial charge in [0.2, 0.25) is 0 Å². The zero-order valence-electron chi connectivity index (χ0n) is 13.2. The molecular weight excluding hydrogens is 282 g/mol. The minimum Gasteiger partial charge on any atom is -0.494 e. The van der Waals surface area contributed by atoms with Crippen molar-refractivity contribution in [1.29, 1.82) is 0 Å². The molecule has 1 aromatic carbocycles. The zero-order chi connectivity index (χ0) is 15.8. The van der Waals surface area contributed by atoms with Crippen LogP contribution < -0.4 is 9.47 Å². The third-order valence-electron chi connectivity index (χ3n) is 3.91. The Hall–Kier alpha value is -1.75. The Morgan fingerprint density at radius 2 is 1.91 bits per heavy atom. The number of aliphatic hydroxyl groups excluding tert-OH is 1. The number of carbonyl (C=O) groups excluding carboxylic acids is 1. The molecule has 2 rings (SSSR count). The van der Waals surface area contributed by atoms with E-state index in [9.17, 15) is 4.79 Å². The number of rotatable bonds is 7. The summed E-state index contributed by atoms with van der Waals surface area (Å²) >= 11 is 0. The molecule has 5 heteroatoms. The van der Waals surface area contributed by atoms with Crippen molar-refractivity contribution in [3.05, 3.63) is 24.3 Å². The largest absolute Gasteiger partial charge is 0.494 e. The third kappa shape index (κ3) is 4.63. The van der Waals surface area contributed by atoms with E-state index in [4.69, 9.17) is 14.6 Å². The SMILES string of the molecule is CCOc1ccc(OCC(=O)N2CCCCC2CCO)cc1. The van der Waals surface area contributed by atoms with E-state index >= 15 is 0 Å². The Balaban J connectivity index is 1.85. The van der Waals surface area contributed by atoms with Crippen molar-refractivity contribution < 1.29 is 19.4 Å². The molecule has 1 aliphatic rings. The lowest BCUT2D eigenvalue weighted by Gasteiger charge is -2.35. The topological polar surface area (TPSA) is 59.0 Å². The molecule has 1 saturated heterocycles. The standard InChI is InChI=1S/C17H25NO4/c1-2-21-15-6-8-16(9-7-15)22-13-17(20)18-11-4-3-5-14(18)10-12-19/h6-9,14,19H,2-5,10-13H2,1H3. The zero-order valence-corrected chi connectivity index (χ0v) is 13.2. The van der Waals surface area contributed by atoms with Crippen LogP contribution in [-0.2, 0) is 4.79 Å². The number of carbonyl (C=O) groups is 1. The molecule has 0 spiro atoms. The van der Waals surface area contributed by atoms with Crippen molar-refractivity contribution in [2.75, 3.05) is 26.4 Å². The van der Waals surface area contributed by atoms with Crippen molar-refractivity contribution in [3.8, 4) is 11.5 Å². The number of ether oxygens (including phenoxy) is 2. The smallest absolute Gasteiger partial charge is 0.260 e. The molecule has 1 N–H and O–H groups in total. The van der Waals surface area contributed by atoms with Crippen molar-refractivity contribution in [1.82, 2.24) is 4.90 Å². The van der Waals surface area contributed by atoms with E-state index in [0.717, 1.165) is 31.6 Å². The minimum absolute atomic E-state index is 0.00738. The summed E-state index contributed by atoms with van der Waals surface area (Å²) in [5.74, 6) is 1.44. The van der Waals surface area contributed by atoms with Crippen LogP contribution in [-0.4, -0.2) is 48.3 Å². The summed E-state index contributed by atoms with van der Waals surface area (Å²) in [4.78, 5) is 14.2. The monoisotopic (exact) mass is 307 g/mol. The van der Waals surface area contributed by atoms with E-state index in [2.05, 4.69) is 0 Å². The number of piperidine rings is 1. The van der Waals surface area contributed by atoms with Crippen molar-refractivity contribution >= 4 is 5.91 Å². The van der Waals surface area contributed by atoms with Gasteiger partial charge < -0.3 is 19.5 Å². The Morgan fingerprint density at radius 1 is 1.23 bits per heavy atom. The highest BCUT2D eigenvalue weighted by Crippen LogP contribution is 2.21. The number of hydrogen-bond donors (Lipinski definition) is 1. The molecule has 0 bridgehead atoms. The second-order valence-corrected chi connectivity index (χ2v) is 5.44. The van der Waals surface area contributed by atoms with Crippen LogP contribution in [0.15, 0.2) is 24.3 Å². The molecule has 5 nitrogen and oxygen atoms in total. The molecule has 1 fully saturated rings. The van der Waals surface area contributed by atoms with Crippen LogP contribution in [0.1, 0.15) is 32.6 Å². The lowest BCUT2D eigenvalue weighted by Crippen LogP contribution is -2.46. The van der Waals surface area contributed by atoms with Gasteiger partial charge in [0.25, 0.3) is 5.91 Å². The summed E-state index contributed by atoms with van der Waals surface area (Å²) in [6.07, 6.45) is 3.76. The third-order valence-corrected chi connectivity index (χ3v) is 3.91. The first-order chi connectivity index (χ1) is 10.7. The van der Waals surface area contributed by atoms with E-state index in [1.165, 1.54) is 0 Å². The van der Waals surface area contributed by atoms with Crippen molar-refractivity contribution in [2.45, 2.75) is 38.6 Å². The highest BCUT2D eigenvalue weighted by molar-refractivity contribution is 5.78. The van der Waals surface area contributed by atoms with E-state index in [0.29, 0.717) is 18.8 Å². The van der Waals surface area contributed by atoms with E-state index in [1.807, 2.05) is 24.0 Å². The first kappa shape index (κ1) is 16.6. The van der Waals surface area contributed by atoms with Crippen LogP contribution in [0, 0.1) is 0 Å². The molecule has 1 amide bonds. The fourth-order valence-electron chi connectivity index (χ4n) is 2.80. The van der Waals surface area contributed by atoms with E-state index < -0.39 is 0 Å². The summed E-state index contributed by atoms with van der Waals surface area (Å²) in [6.45, 7) is 3.48. The average molecular weight is 307 g/mol. The minimum atomic E-state index is -0.00738. The molecule has 0 saturated carbocycles. The van der Waals surface area contributed by atoms with Crippen LogP contribution in [0.5, 0.6) is 11.5 Å². The van der Waals surface area contributed by atoms with Gasteiger partial charge in [-0.2, -0.15) is 0 Å². The van der Waals surface area contributed by atoms with Crippen molar-refractivity contribution in [2.24, 2.45) is 0 Å². The van der Waals surface area contributed by atoms with Crippen molar-refractivity contribution in [3.63, 3.8) is 0 Å². The lowest BCUT2D eigenvalue weighted by atomic mass is 9.99. The average Bonchev–Trinajstić information content (AvgIpc) is 2.55. The maximum atomic E-state index is 12.3. The second kappa shape index (κ2) is 8.63. The van der Waals surface area contributed by atoms with Gasteiger partial charge >= 0.3 is 0 Å². The molecule has 122 valence electrons. The predicted octanol–water partition coefficient (Wildman–Crippen LogP) is 2.23. The van der Waals surface area contributed by atoms with Crippen LogP contribution in [0.2, 0.25) is 0 Å². The number of likely N-dealkylation sites (tertiary alicyclic amines) is 1. The van der Waals surface area contributed by atoms with Gasteiger partial charge in [-0.25, -0.2) is 0 Å². The van der Waals surface area contributed by atoms with Crippen LogP contribution in [0.3, 0.4) is 0 Å². The molecule has 1 atom stereocenters. The van der Waals surface area contributed by atoms with Crippen LogP contribution >= 0.6 is 0 Å². The lowest BCUT2D eigenvalue weighted by molar-refractivity contribution is -0.137. The fraction of sp³-hybridized carbons (Fsp3) is 0.588. The number of nitrogens with zero attached hydrogens (tertiary/aromatic N) is 1. The Bertz CT molecular complexity index is 458. The first-order valence-corrected chi connectivity index (χ1v) is 8.00. The Kier molecular flexibility index (Phi) is 6.52. The summed E-state index contributed by atoms with van der Waals surface area (Å²) in [7, 11) is 0. The maximum Gasteiger partial charge on any atom is 0.260 e. The molecule has 1 aliphatic heterocycles. The van der Waals surface area contributed by atoms with Gasteiger partial charge in [-0.3, -0.25) is 4.79 Å². The molecule has 1 aromatic rings. The molecule has 22 heavy (non-hydrogen) atoms. The highest BCUT2D eigenvalue weighted by atomic mass is 16.5. The molecule has 0 aliphatic carbocycles. The second-order valence-electron chi connectivity index (χ2n) is 5.44. The maximum absolute atomic E-state index is 12.3. The van der Waals surface area contributed by atoms with E-state index in [1.54, 1.807) is 12.1 Å². The number of benzene rings is 1. The number of aliphatic hydroxyl groups is 1. The summed E-state index contributed by atoms with van der Waals surface area (Å²) in [6, 6.07) is 7.42. The van der Waals surface area contributed by atoms with E-state index in [-0.39, 0.29) is 25.2 Å². The van der Waals surface area contributed by atoms with Crippen LogP contribution in [0.25, 0.3) is 0 Å². The summed E-state index contributed by atoms with van der Waals surface area (Å²) in [5, 5.41) is 9.11. The first-order valence-electron chi connectivity index (χ1n) is 8.00. The summed E-state index contributed by atoms with van der Waals surface area (Å²) < 4.78 is 10.9. The van der Waals surface area contributed by atoms with Gasteiger partial charge in [-0.1, -0.05) is 0 Å². The van der Waals surface area contributed by atoms with Gasteiger partial charge in [-0.05, 0) is 56.9 Å². The highest BCUT2D eigenvalue weighted by Gasteiger charge is 2.26. The van der Waals surface area contributed by atoms with Crippen LogP contribution in [0.4, 0.5) is 0 Å². The Morgan fingerprint density at radius 3 is 2.55 bits per heavy atom.